The molecule has 7 heteroatoms. The Bertz CT molecular complexity index is 1420. The number of imide groups is 1. The Morgan fingerprint density at radius 2 is 1.83 bits per heavy atom. The summed E-state index contributed by atoms with van der Waals surface area (Å²) >= 11 is 4.85. The minimum atomic E-state index is -0.848. The van der Waals surface area contributed by atoms with Gasteiger partial charge in [0.2, 0.25) is 11.8 Å². The van der Waals surface area contributed by atoms with Crippen LogP contribution in [0.5, 0.6) is 11.5 Å². The Morgan fingerprint density at radius 3 is 2.54 bits per heavy atom. The Morgan fingerprint density at radius 1 is 1.12 bits per heavy atom. The third-order valence-electron chi connectivity index (χ3n) is 8.19. The van der Waals surface area contributed by atoms with Gasteiger partial charge in [-0.15, -0.1) is 0 Å². The first-order chi connectivity index (χ1) is 19.4. The molecule has 2 atom stereocenters. The number of nitrogens with zero attached hydrogens (tertiary/aromatic N) is 1. The second-order valence-electron chi connectivity index (χ2n) is 12.4. The molecule has 216 valence electrons. The molecule has 2 amide bonds. The molecule has 41 heavy (non-hydrogen) atoms. The molecule has 0 saturated carbocycles. The highest BCUT2D eigenvalue weighted by Crippen LogP contribution is 2.39. The average molecular weight is 576 g/mol. The second-order valence-corrected chi connectivity index (χ2v) is 13.0. The van der Waals surface area contributed by atoms with Crippen molar-refractivity contribution in [3.63, 3.8) is 0 Å². The second kappa shape index (κ2) is 11.5. The summed E-state index contributed by atoms with van der Waals surface area (Å²) in [6.07, 6.45) is 2.94. The van der Waals surface area contributed by atoms with Gasteiger partial charge in [-0.3, -0.25) is 14.5 Å². The normalized spacial score (nSPS) is 18.6. The summed E-state index contributed by atoms with van der Waals surface area (Å²) in [4.78, 5) is 28.0. The summed E-state index contributed by atoms with van der Waals surface area (Å²) in [5, 5.41) is -0.303. The number of likely N-dealkylation sites (tertiary alicyclic amines) is 1. The number of fused-ring (bicyclic) bond motifs is 1. The topological polar surface area (TPSA) is 55.8 Å². The summed E-state index contributed by atoms with van der Waals surface area (Å²) in [5.74, 6) is 0.790. The third-order valence-corrected chi connectivity index (χ3v) is 9.02. The van der Waals surface area contributed by atoms with E-state index in [9.17, 15) is 14.0 Å². The quantitative estimate of drug-likeness (QED) is 0.287. The van der Waals surface area contributed by atoms with Gasteiger partial charge >= 0.3 is 0 Å². The number of ether oxygens (including phenoxy) is 2. The molecule has 1 fully saturated rings. The lowest BCUT2D eigenvalue weighted by Crippen LogP contribution is -2.50. The first-order valence-electron chi connectivity index (χ1n) is 14.2. The van der Waals surface area contributed by atoms with E-state index >= 15 is 0 Å². The number of rotatable bonds is 9. The Labute approximate surface area is 247 Å². The highest BCUT2D eigenvalue weighted by atomic mass is 32.1. The molecule has 2 heterocycles. The number of halogens is 1. The number of carbonyl (C=O) groups is 2. The molecule has 1 unspecified atom stereocenters. The fourth-order valence-corrected chi connectivity index (χ4v) is 6.09. The number of benzene rings is 3. The average Bonchev–Trinajstić information content (AvgIpc) is 3.45. The van der Waals surface area contributed by atoms with Gasteiger partial charge in [0.25, 0.3) is 0 Å². The lowest BCUT2D eigenvalue weighted by atomic mass is 9.83. The summed E-state index contributed by atoms with van der Waals surface area (Å²) < 4.78 is 26.2. The molecule has 3 aromatic rings. The maximum Gasteiger partial charge on any atom is 0.236 e. The maximum absolute atomic E-state index is 14.2. The number of hydrogen-bond donors (Lipinski definition) is 1. The summed E-state index contributed by atoms with van der Waals surface area (Å²) in [7, 11) is 0. The number of thiol groups is 1. The van der Waals surface area contributed by atoms with Gasteiger partial charge in [-0.1, -0.05) is 42.5 Å². The van der Waals surface area contributed by atoms with Crippen molar-refractivity contribution in [3.8, 4) is 11.5 Å². The zero-order valence-electron chi connectivity index (χ0n) is 24.2. The van der Waals surface area contributed by atoms with E-state index in [0.29, 0.717) is 49.2 Å². The monoisotopic (exact) mass is 575 g/mol. The predicted octanol–water partition coefficient (Wildman–Crippen LogP) is 6.75. The fraction of sp³-hybridized carbons (Fsp3) is 0.412. The van der Waals surface area contributed by atoms with Gasteiger partial charge in [-0.25, -0.2) is 4.39 Å². The summed E-state index contributed by atoms with van der Waals surface area (Å²) in [6, 6.07) is 20.5. The van der Waals surface area contributed by atoms with E-state index in [-0.39, 0.29) is 41.1 Å². The molecule has 5 rings (SSSR count). The zero-order valence-corrected chi connectivity index (χ0v) is 25.0. The summed E-state index contributed by atoms with van der Waals surface area (Å²) in [6.45, 7) is 7.92. The molecule has 2 aliphatic heterocycles. The van der Waals surface area contributed by atoms with Crippen molar-refractivity contribution in [2.24, 2.45) is 5.41 Å². The highest BCUT2D eigenvalue weighted by molar-refractivity contribution is 7.81. The lowest BCUT2D eigenvalue weighted by molar-refractivity contribution is -0.150. The first kappa shape index (κ1) is 29.2. The number of hydrogen-bond acceptors (Lipinski definition) is 5. The van der Waals surface area contributed by atoms with Crippen LogP contribution in [0.2, 0.25) is 0 Å². The molecule has 3 aromatic carbocycles. The first-order valence-corrected chi connectivity index (χ1v) is 14.7. The van der Waals surface area contributed by atoms with E-state index in [1.54, 1.807) is 0 Å². The number of amides is 2. The minimum absolute atomic E-state index is 0.107. The highest BCUT2D eigenvalue weighted by Gasteiger charge is 2.45. The van der Waals surface area contributed by atoms with E-state index in [2.05, 4.69) is 0 Å². The van der Waals surface area contributed by atoms with Crippen molar-refractivity contribution in [1.29, 1.82) is 0 Å². The lowest BCUT2D eigenvalue weighted by Gasteiger charge is -2.35. The molecule has 0 spiro atoms. The van der Waals surface area contributed by atoms with Crippen LogP contribution >= 0.6 is 12.6 Å². The molecule has 0 bridgehead atoms. The van der Waals surface area contributed by atoms with Crippen molar-refractivity contribution >= 4 is 24.4 Å². The Balaban J connectivity index is 1.21. The van der Waals surface area contributed by atoms with Crippen molar-refractivity contribution in [2.45, 2.75) is 83.3 Å². The Kier molecular flexibility index (Phi) is 8.20. The van der Waals surface area contributed by atoms with Gasteiger partial charge in [0.15, 0.2) is 0 Å². The van der Waals surface area contributed by atoms with E-state index < -0.39 is 5.41 Å². The van der Waals surface area contributed by atoms with Crippen molar-refractivity contribution in [2.75, 3.05) is 0 Å². The largest absolute Gasteiger partial charge is 0.489 e. The third kappa shape index (κ3) is 6.45. The van der Waals surface area contributed by atoms with E-state index in [0.717, 1.165) is 16.7 Å². The van der Waals surface area contributed by atoms with E-state index in [1.165, 1.54) is 17.0 Å². The van der Waals surface area contributed by atoms with Crippen LogP contribution in [-0.2, 0) is 35.5 Å². The van der Waals surface area contributed by atoms with Crippen LogP contribution in [0.4, 0.5) is 4.39 Å². The molecule has 0 aromatic heterocycles. The van der Waals surface area contributed by atoms with Crippen LogP contribution in [0.1, 0.15) is 62.8 Å². The van der Waals surface area contributed by atoms with Gasteiger partial charge in [-0.2, -0.15) is 12.6 Å². The molecule has 0 radical (unpaired) electrons. The molecule has 1 saturated heterocycles. The molecule has 2 aliphatic rings. The van der Waals surface area contributed by atoms with Crippen LogP contribution in [0.3, 0.4) is 0 Å². The molecular formula is C34H38FNO4S. The fourth-order valence-electron chi connectivity index (χ4n) is 5.77. The molecule has 0 aliphatic carbocycles. The standard InChI is InChI=1S/C34H38FNO4S/c1-33(2)20-24-18-26(35)19-25(31(24)40-33)21-39-28-13-10-23(11-14-28)17-29(41)34(3,4)32(38)36-27(12-15-30(36)37)16-22-8-6-5-7-9-22/h5-11,13-14,18-19,27,29,41H,12,15-17,20-21H2,1-4H3/t27-,29?/m1/s1. The van der Waals surface area contributed by atoms with Crippen molar-refractivity contribution in [1.82, 2.24) is 4.90 Å². The van der Waals surface area contributed by atoms with Crippen LogP contribution in [0, 0.1) is 11.2 Å². The number of carbonyl (C=O) groups excluding carboxylic acids is 2. The van der Waals surface area contributed by atoms with Gasteiger partial charge in [0.1, 0.15) is 29.5 Å². The zero-order chi connectivity index (χ0) is 29.4. The molecule has 0 N–H and O–H groups in total. The van der Waals surface area contributed by atoms with Crippen LogP contribution < -0.4 is 9.47 Å². The summed E-state index contributed by atoms with van der Waals surface area (Å²) in [5.41, 5.74) is 2.46. The molecule has 5 nitrogen and oxygen atoms in total. The SMILES string of the molecule is CC1(C)Cc2cc(F)cc(COc3ccc(CC(S)C(C)(C)C(=O)N4C(=O)CC[C@@H]4Cc4ccccc4)cc3)c2O1. The van der Waals surface area contributed by atoms with Gasteiger partial charge in [-0.05, 0) is 82.3 Å². The minimum Gasteiger partial charge on any atom is -0.489 e. The van der Waals surface area contributed by atoms with Crippen LogP contribution in [-0.4, -0.2) is 33.6 Å². The predicted molar refractivity (Wildman–Crippen MR) is 161 cm³/mol. The maximum atomic E-state index is 14.2. The van der Waals surface area contributed by atoms with E-state index in [1.807, 2.05) is 82.3 Å². The smallest absolute Gasteiger partial charge is 0.236 e. The van der Waals surface area contributed by atoms with E-state index in [4.69, 9.17) is 22.1 Å². The van der Waals surface area contributed by atoms with Crippen LogP contribution in [0.25, 0.3) is 0 Å². The van der Waals surface area contributed by atoms with Gasteiger partial charge in [0, 0.05) is 35.3 Å². The Hall–Kier alpha value is -3.32. The molecular weight excluding hydrogens is 537 g/mol. The van der Waals surface area contributed by atoms with Crippen LogP contribution in [0.15, 0.2) is 66.7 Å². The van der Waals surface area contributed by atoms with Crippen molar-refractivity contribution in [3.05, 3.63) is 94.8 Å². The van der Waals surface area contributed by atoms with Crippen molar-refractivity contribution < 1.29 is 23.5 Å². The van der Waals surface area contributed by atoms with Gasteiger partial charge in [0.05, 0.1) is 5.41 Å². The van der Waals surface area contributed by atoms with Gasteiger partial charge < -0.3 is 9.47 Å².